The maximum absolute atomic E-state index is 12.3. The van der Waals surface area contributed by atoms with E-state index < -0.39 is 0 Å². The molecule has 1 heterocycles. The number of benzene rings is 1. The second-order valence-corrected chi connectivity index (χ2v) is 4.64. The molecule has 21 heavy (non-hydrogen) atoms. The number of nitriles is 1. The van der Waals surface area contributed by atoms with E-state index in [1.165, 1.54) is 6.20 Å². The zero-order valence-electron chi connectivity index (χ0n) is 11.4. The van der Waals surface area contributed by atoms with Crippen molar-refractivity contribution in [2.45, 2.75) is 6.92 Å². The van der Waals surface area contributed by atoms with Crippen LogP contribution in [0.25, 0.3) is 0 Å². The fourth-order valence-corrected chi connectivity index (χ4v) is 2.00. The van der Waals surface area contributed by atoms with Crippen molar-refractivity contribution in [3.05, 3.63) is 52.8 Å². The first-order valence-corrected chi connectivity index (χ1v) is 6.72. The maximum Gasteiger partial charge on any atom is 0.259 e. The molecule has 2 aromatic rings. The van der Waals surface area contributed by atoms with E-state index >= 15 is 0 Å². The van der Waals surface area contributed by atoms with Gasteiger partial charge in [0.2, 0.25) is 0 Å². The Morgan fingerprint density at radius 3 is 2.90 bits per heavy atom. The topological polar surface area (TPSA) is 77.8 Å². The molecule has 106 valence electrons. The van der Waals surface area contributed by atoms with Crippen LogP contribution in [0.5, 0.6) is 0 Å². The Morgan fingerprint density at radius 2 is 2.19 bits per heavy atom. The number of amides is 1. The smallest absolute Gasteiger partial charge is 0.259 e. The molecule has 6 heteroatoms. The molecule has 2 N–H and O–H groups in total. The van der Waals surface area contributed by atoms with Crippen LogP contribution in [0.4, 0.5) is 11.4 Å². The summed E-state index contributed by atoms with van der Waals surface area (Å²) in [6, 6.07) is 8.44. The zero-order valence-corrected chi connectivity index (χ0v) is 12.1. The molecule has 0 aliphatic heterocycles. The van der Waals surface area contributed by atoms with Gasteiger partial charge >= 0.3 is 0 Å². The third-order valence-corrected chi connectivity index (χ3v) is 3.02. The average molecular weight is 301 g/mol. The molecular formula is C15H13ClN4O. The number of halogens is 1. The molecule has 0 aliphatic rings. The maximum atomic E-state index is 12.3. The number of carbonyl (C=O) groups is 1. The van der Waals surface area contributed by atoms with Crippen molar-refractivity contribution in [1.29, 1.82) is 5.26 Å². The van der Waals surface area contributed by atoms with Crippen LogP contribution in [0.1, 0.15) is 22.8 Å². The first kappa shape index (κ1) is 14.8. The van der Waals surface area contributed by atoms with Crippen LogP contribution >= 0.6 is 11.6 Å². The molecule has 0 saturated carbocycles. The van der Waals surface area contributed by atoms with Crippen LogP contribution in [-0.4, -0.2) is 17.4 Å². The fraction of sp³-hybridized carbons (Fsp3) is 0.133. The van der Waals surface area contributed by atoms with E-state index in [1.54, 1.807) is 30.5 Å². The van der Waals surface area contributed by atoms with Gasteiger partial charge in [-0.2, -0.15) is 5.26 Å². The highest BCUT2D eigenvalue weighted by Gasteiger charge is 2.13. The first-order valence-electron chi connectivity index (χ1n) is 6.34. The molecule has 0 spiro atoms. The van der Waals surface area contributed by atoms with Crippen LogP contribution < -0.4 is 10.6 Å². The lowest BCUT2D eigenvalue weighted by Crippen LogP contribution is -2.16. The lowest BCUT2D eigenvalue weighted by Gasteiger charge is -2.11. The third-order valence-electron chi connectivity index (χ3n) is 2.78. The predicted octanol–water partition coefficient (Wildman–Crippen LogP) is 3.29. The molecule has 0 bridgehead atoms. The Hall–Kier alpha value is -2.58. The Kier molecular flexibility index (Phi) is 4.75. The van der Waals surface area contributed by atoms with Crippen molar-refractivity contribution in [2.75, 3.05) is 17.2 Å². The summed E-state index contributed by atoms with van der Waals surface area (Å²) in [7, 11) is 0. The minimum Gasteiger partial charge on any atom is -0.385 e. The second kappa shape index (κ2) is 6.73. The van der Waals surface area contributed by atoms with Gasteiger partial charge in [0.25, 0.3) is 5.91 Å². The number of nitrogens with zero attached hydrogens (tertiary/aromatic N) is 2. The number of hydrogen-bond acceptors (Lipinski definition) is 4. The van der Waals surface area contributed by atoms with E-state index in [1.807, 2.05) is 13.0 Å². The number of pyridine rings is 1. The summed E-state index contributed by atoms with van der Waals surface area (Å²) < 4.78 is 0. The highest BCUT2D eigenvalue weighted by molar-refractivity contribution is 6.31. The number of nitrogens with one attached hydrogen (secondary N) is 2. The molecule has 1 aromatic heterocycles. The summed E-state index contributed by atoms with van der Waals surface area (Å²) in [5, 5.41) is 15.3. The molecule has 0 aliphatic carbocycles. The van der Waals surface area contributed by atoms with Gasteiger partial charge < -0.3 is 10.6 Å². The van der Waals surface area contributed by atoms with Gasteiger partial charge in [-0.25, -0.2) is 0 Å². The Bertz CT molecular complexity index is 709. The predicted molar refractivity (Wildman–Crippen MR) is 82.5 cm³/mol. The fourth-order valence-electron chi connectivity index (χ4n) is 1.83. The third kappa shape index (κ3) is 3.50. The Labute approximate surface area is 127 Å². The zero-order chi connectivity index (χ0) is 15.2. The minimum atomic E-state index is -0.349. The summed E-state index contributed by atoms with van der Waals surface area (Å²) in [5.74, 6) is -0.349. The monoisotopic (exact) mass is 300 g/mol. The summed E-state index contributed by atoms with van der Waals surface area (Å²) in [5.41, 5.74) is 1.82. The van der Waals surface area contributed by atoms with Gasteiger partial charge in [-0.3, -0.25) is 9.78 Å². The van der Waals surface area contributed by atoms with Gasteiger partial charge in [0.15, 0.2) is 0 Å². The SMILES string of the molecule is CCNc1ccncc1C(=O)Nc1cc(Cl)ccc1C#N. The quantitative estimate of drug-likeness (QED) is 0.908. The first-order chi connectivity index (χ1) is 10.2. The van der Waals surface area contributed by atoms with E-state index in [4.69, 9.17) is 16.9 Å². The van der Waals surface area contributed by atoms with Crippen LogP contribution in [-0.2, 0) is 0 Å². The van der Waals surface area contributed by atoms with E-state index in [0.717, 1.165) is 0 Å². The van der Waals surface area contributed by atoms with Crippen molar-refractivity contribution in [3.8, 4) is 6.07 Å². The van der Waals surface area contributed by atoms with Crippen LogP contribution in [0, 0.1) is 11.3 Å². The highest BCUT2D eigenvalue weighted by Crippen LogP contribution is 2.22. The molecule has 1 amide bonds. The van der Waals surface area contributed by atoms with Crippen LogP contribution in [0.15, 0.2) is 36.7 Å². The lowest BCUT2D eigenvalue weighted by atomic mass is 10.1. The van der Waals surface area contributed by atoms with Gasteiger partial charge in [0, 0.05) is 24.0 Å². The van der Waals surface area contributed by atoms with Crippen molar-refractivity contribution in [1.82, 2.24) is 4.98 Å². The molecule has 2 rings (SSSR count). The molecular weight excluding hydrogens is 288 g/mol. The largest absolute Gasteiger partial charge is 0.385 e. The second-order valence-electron chi connectivity index (χ2n) is 4.21. The minimum absolute atomic E-state index is 0.349. The number of hydrogen-bond donors (Lipinski definition) is 2. The molecule has 0 unspecified atom stereocenters. The standard InChI is InChI=1S/C15H13ClN4O/c1-2-19-13-5-6-18-9-12(13)15(21)20-14-7-11(16)4-3-10(14)8-17/h3-7,9H,2H2,1H3,(H,18,19)(H,20,21). The van der Waals surface area contributed by atoms with Gasteiger partial charge in [-0.1, -0.05) is 11.6 Å². The highest BCUT2D eigenvalue weighted by atomic mass is 35.5. The molecule has 0 saturated heterocycles. The summed E-state index contributed by atoms with van der Waals surface area (Å²) in [6.45, 7) is 2.62. The Morgan fingerprint density at radius 1 is 1.38 bits per heavy atom. The normalized spacial score (nSPS) is 9.76. The van der Waals surface area contributed by atoms with Gasteiger partial charge in [-0.05, 0) is 31.2 Å². The van der Waals surface area contributed by atoms with E-state index in [0.29, 0.717) is 34.1 Å². The number of rotatable bonds is 4. The number of aromatic nitrogens is 1. The van der Waals surface area contributed by atoms with Crippen molar-refractivity contribution >= 4 is 28.9 Å². The van der Waals surface area contributed by atoms with E-state index in [2.05, 4.69) is 15.6 Å². The van der Waals surface area contributed by atoms with Crippen molar-refractivity contribution in [3.63, 3.8) is 0 Å². The van der Waals surface area contributed by atoms with E-state index in [-0.39, 0.29) is 5.91 Å². The molecule has 0 atom stereocenters. The molecule has 5 nitrogen and oxygen atoms in total. The number of anilines is 2. The lowest BCUT2D eigenvalue weighted by molar-refractivity contribution is 0.102. The molecule has 1 aromatic carbocycles. The van der Waals surface area contributed by atoms with Gasteiger partial charge in [0.05, 0.1) is 22.5 Å². The average Bonchev–Trinajstić information content (AvgIpc) is 2.48. The van der Waals surface area contributed by atoms with Crippen molar-refractivity contribution < 1.29 is 4.79 Å². The summed E-state index contributed by atoms with van der Waals surface area (Å²) >= 11 is 5.90. The van der Waals surface area contributed by atoms with E-state index in [9.17, 15) is 4.79 Å². The summed E-state index contributed by atoms with van der Waals surface area (Å²) in [4.78, 5) is 16.3. The van der Waals surface area contributed by atoms with Crippen molar-refractivity contribution in [2.24, 2.45) is 0 Å². The van der Waals surface area contributed by atoms with Crippen LogP contribution in [0.3, 0.4) is 0 Å². The number of carbonyl (C=O) groups excluding carboxylic acids is 1. The Balaban J connectivity index is 2.31. The summed E-state index contributed by atoms with van der Waals surface area (Å²) in [6.07, 6.45) is 3.08. The van der Waals surface area contributed by atoms with Crippen LogP contribution in [0.2, 0.25) is 5.02 Å². The molecule has 0 fully saturated rings. The van der Waals surface area contributed by atoms with Gasteiger partial charge in [-0.15, -0.1) is 0 Å². The molecule has 0 radical (unpaired) electrons. The van der Waals surface area contributed by atoms with Gasteiger partial charge in [0.1, 0.15) is 6.07 Å².